The molecule has 2 aromatic rings. The van der Waals surface area contributed by atoms with Gasteiger partial charge in [0.2, 0.25) is 0 Å². The minimum atomic E-state index is -4.59. The van der Waals surface area contributed by atoms with Crippen LogP contribution in [-0.4, -0.2) is 23.9 Å². The van der Waals surface area contributed by atoms with E-state index in [1.807, 2.05) is 0 Å². The fraction of sp³-hybridized carbons (Fsp3) is 0.316. The molecule has 1 aliphatic rings. The molecule has 1 saturated carbocycles. The number of carbonyl (C=O) groups is 1. The van der Waals surface area contributed by atoms with E-state index in [4.69, 9.17) is 4.74 Å². The Balaban J connectivity index is 2.01. The van der Waals surface area contributed by atoms with Crippen molar-refractivity contribution in [3.63, 3.8) is 0 Å². The summed E-state index contributed by atoms with van der Waals surface area (Å²) in [6.07, 6.45) is -8.48. The third kappa shape index (κ3) is 4.23. The number of alkyl halides is 6. The van der Waals surface area contributed by atoms with Crippen LogP contribution >= 0.6 is 0 Å². The smallest absolute Gasteiger partial charge is 0.422 e. The van der Waals surface area contributed by atoms with E-state index in [0.29, 0.717) is 18.4 Å². The molecular formula is C19H14F6O3. The van der Waals surface area contributed by atoms with Gasteiger partial charge >= 0.3 is 18.3 Å². The molecule has 0 radical (unpaired) electrons. The molecule has 0 aromatic heterocycles. The van der Waals surface area contributed by atoms with E-state index < -0.39 is 35.9 Å². The van der Waals surface area contributed by atoms with Crippen LogP contribution in [0.1, 0.15) is 24.0 Å². The molecule has 1 aliphatic carbocycles. The summed E-state index contributed by atoms with van der Waals surface area (Å²) in [6, 6.07) is 8.00. The van der Waals surface area contributed by atoms with Crippen LogP contribution in [-0.2, 0) is 16.4 Å². The fourth-order valence-electron chi connectivity index (χ4n) is 2.89. The maximum absolute atomic E-state index is 12.7. The van der Waals surface area contributed by atoms with E-state index in [1.165, 1.54) is 30.3 Å². The molecule has 0 aliphatic heterocycles. The van der Waals surface area contributed by atoms with Gasteiger partial charge in [-0.25, -0.2) is 0 Å². The largest absolute Gasteiger partial charge is 0.484 e. The van der Waals surface area contributed by atoms with Crippen molar-refractivity contribution in [2.75, 3.05) is 6.61 Å². The SMILES string of the molecule is O=C(O)C1(c2cc(OCC(F)(F)F)cc(-c3ccc(C(F)(F)F)cc3)c2)CC1. The molecule has 9 heteroatoms. The first-order valence-corrected chi connectivity index (χ1v) is 8.17. The second kappa shape index (κ2) is 6.72. The van der Waals surface area contributed by atoms with Crippen molar-refractivity contribution >= 4 is 5.97 Å². The van der Waals surface area contributed by atoms with E-state index in [9.17, 15) is 36.2 Å². The summed E-state index contributed by atoms with van der Waals surface area (Å²) >= 11 is 0. The first kappa shape index (κ1) is 20.0. The molecule has 3 nitrogen and oxygen atoms in total. The summed E-state index contributed by atoms with van der Waals surface area (Å²) in [5.41, 5.74) is -1.25. The molecule has 0 saturated heterocycles. The zero-order valence-electron chi connectivity index (χ0n) is 14.2. The van der Waals surface area contributed by atoms with Crippen molar-refractivity contribution in [3.05, 3.63) is 53.6 Å². The molecule has 0 spiro atoms. The highest BCUT2D eigenvalue weighted by Gasteiger charge is 2.52. The molecule has 3 rings (SSSR count). The van der Waals surface area contributed by atoms with Gasteiger partial charge in [0.05, 0.1) is 11.0 Å². The maximum Gasteiger partial charge on any atom is 0.422 e. The zero-order chi connectivity index (χ0) is 20.7. The van der Waals surface area contributed by atoms with Gasteiger partial charge in [0.1, 0.15) is 5.75 Å². The summed E-state index contributed by atoms with van der Waals surface area (Å²) in [7, 11) is 0. The molecular weight excluding hydrogens is 390 g/mol. The number of carboxylic acids is 1. The van der Waals surface area contributed by atoms with Crippen molar-refractivity contribution in [1.29, 1.82) is 0 Å². The van der Waals surface area contributed by atoms with Crippen LogP contribution in [0.15, 0.2) is 42.5 Å². The van der Waals surface area contributed by atoms with Crippen LogP contribution in [0.25, 0.3) is 11.1 Å². The summed E-state index contributed by atoms with van der Waals surface area (Å²) in [6.45, 7) is -1.57. The first-order chi connectivity index (χ1) is 12.9. The van der Waals surface area contributed by atoms with E-state index in [-0.39, 0.29) is 16.9 Å². The van der Waals surface area contributed by atoms with Gasteiger partial charge in [-0.05, 0) is 59.9 Å². The Hall–Kier alpha value is -2.71. The van der Waals surface area contributed by atoms with Crippen molar-refractivity contribution in [1.82, 2.24) is 0 Å². The number of carboxylic acid groups (broad SMARTS) is 1. The molecule has 0 bridgehead atoms. The Bertz CT molecular complexity index is 880. The normalized spacial score (nSPS) is 15.9. The molecule has 0 atom stereocenters. The van der Waals surface area contributed by atoms with Crippen LogP contribution in [0.5, 0.6) is 5.75 Å². The monoisotopic (exact) mass is 404 g/mol. The number of ether oxygens (including phenoxy) is 1. The topological polar surface area (TPSA) is 46.5 Å². The standard InChI is InChI=1S/C19H14F6O3/c20-18(21,22)10-28-15-8-12(7-14(9-15)17(5-6-17)16(26)27)11-1-3-13(4-2-11)19(23,24)25/h1-4,7-9H,5-6,10H2,(H,26,27). The zero-order valence-corrected chi connectivity index (χ0v) is 14.2. The van der Waals surface area contributed by atoms with Crippen LogP contribution in [0.3, 0.4) is 0 Å². The second-order valence-electron chi connectivity index (χ2n) is 6.61. The average Bonchev–Trinajstić information content (AvgIpc) is 3.41. The van der Waals surface area contributed by atoms with Gasteiger partial charge in [0.15, 0.2) is 6.61 Å². The van der Waals surface area contributed by atoms with Crippen LogP contribution < -0.4 is 4.74 Å². The number of hydrogen-bond donors (Lipinski definition) is 1. The van der Waals surface area contributed by atoms with Crippen LogP contribution in [0.4, 0.5) is 26.3 Å². The summed E-state index contributed by atoms with van der Waals surface area (Å²) < 4.78 is 80.3. The van der Waals surface area contributed by atoms with Gasteiger partial charge in [-0.3, -0.25) is 4.79 Å². The average molecular weight is 404 g/mol. The van der Waals surface area contributed by atoms with Crippen molar-refractivity contribution in [2.45, 2.75) is 30.6 Å². The number of aliphatic carboxylic acids is 1. The molecule has 150 valence electrons. The molecule has 0 heterocycles. The van der Waals surface area contributed by atoms with Gasteiger partial charge in [-0.1, -0.05) is 12.1 Å². The Labute approximate surface area is 155 Å². The van der Waals surface area contributed by atoms with E-state index in [0.717, 1.165) is 12.1 Å². The second-order valence-corrected chi connectivity index (χ2v) is 6.61. The quantitative estimate of drug-likeness (QED) is 0.676. The molecule has 28 heavy (non-hydrogen) atoms. The van der Waals surface area contributed by atoms with E-state index in [1.54, 1.807) is 0 Å². The third-order valence-electron chi connectivity index (χ3n) is 4.57. The maximum atomic E-state index is 12.7. The lowest BCUT2D eigenvalue weighted by Crippen LogP contribution is -2.21. The summed E-state index contributed by atoms with van der Waals surface area (Å²) in [4.78, 5) is 11.6. The lowest BCUT2D eigenvalue weighted by molar-refractivity contribution is -0.153. The predicted octanol–water partition coefficient (Wildman–Crippen LogP) is 5.43. The van der Waals surface area contributed by atoms with E-state index >= 15 is 0 Å². The van der Waals surface area contributed by atoms with Crippen molar-refractivity contribution in [2.24, 2.45) is 0 Å². The number of rotatable bonds is 5. The Morgan fingerprint density at radius 1 is 0.964 bits per heavy atom. The predicted molar refractivity (Wildman–Crippen MR) is 87.0 cm³/mol. The lowest BCUT2D eigenvalue weighted by Gasteiger charge is -2.16. The van der Waals surface area contributed by atoms with Gasteiger partial charge in [-0.15, -0.1) is 0 Å². The lowest BCUT2D eigenvalue weighted by atomic mass is 9.92. The van der Waals surface area contributed by atoms with Crippen LogP contribution in [0.2, 0.25) is 0 Å². The molecule has 0 unspecified atom stereocenters. The first-order valence-electron chi connectivity index (χ1n) is 8.17. The Kier molecular flexibility index (Phi) is 4.81. The molecule has 1 N–H and O–H groups in total. The van der Waals surface area contributed by atoms with Crippen molar-refractivity contribution in [3.8, 4) is 16.9 Å². The van der Waals surface area contributed by atoms with Crippen molar-refractivity contribution < 1.29 is 41.0 Å². The van der Waals surface area contributed by atoms with Gasteiger partial charge in [0, 0.05) is 0 Å². The highest BCUT2D eigenvalue weighted by molar-refractivity contribution is 5.86. The summed E-state index contributed by atoms with van der Waals surface area (Å²) in [5.74, 6) is -1.31. The fourth-order valence-corrected chi connectivity index (χ4v) is 2.89. The Morgan fingerprint density at radius 2 is 1.57 bits per heavy atom. The van der Waals surface area contributed by atoms with Crippen LogP contribution in [0, 0.1) is 0 Å². The Morgan fingerprint density at radius 3 is 2.04 bits per heavy atom. The minimum absolute atomic E-state index is 0.197. The number of benzene rings is 2. The van der Waals surface area contributed by atoms with Gasteiger partial charge in [0.25, 0.3) is 0 Å². The third-order valence-corrected chi connectivity index (χ3v) is 4.57. The van der Waals surface area contributed by atoms with Gasteiger partial charge in [-0.2, -0.15) is 26.3 Å². The molecule has 0 amide bonds. The summed E-state index contributed by atoms with van der Waals surface area (Å²) in [5, 5.41) is 9.45. The number of hydrogen-bond acceptors (Lipinski definition) is 2. The van der Waals surface area contributed by atoms with E-state index in [2.05, 4.69) is 0 Å². The highest BCUT2D eigenvalue weighted by Crippen LogP contribution is 2.50. The molecule has 2 aromatic carbocycles. The minimum Gasteiger partial charge on any atom is -0.484 e. The highest BCUT2D eigenvalue weighted by atomic mass is 19.4. The molecule has 1 fully saturated rings. The number of halogens is 6. The van der Waals surface area contributed by atoms with Gasteiger partial charge < -0.3 is 9.84 Å².